The number of aromatic nitrogens is 5. The van der Waals surface area contributed by atoms with Gasteiger partial charge in [-0.2, -0.15) is 4.98 Å². The summed E-state index contributed by atoms with van der Waals surface area (Å²) in [7, 11) is 0. The molecule has 170 valence electrons. The molecule has 1 fully saturated rings. The van der Waals surface area contributed by atoms with E-state index >= 15 is 0 Å². The Bertz CT molecular complexity index is 1370. The minimum absolute atomic E-state index is 0.155. The molecule has 1 saturated heterocycles. The van der Waals surface area contributed by atoms with Crippen LogP contribution in [0, 0.1) is 5.92 Å². The van der Waals surface area contributed by atoms with Gasteiger partial charge in [0.05, 0.1) is 22.5 Å². The van der Waals surface area contributed by atoms with E-state index in [4.69, 9.17) is 9.97 Å². The van der Waals surface area contributed by atoms with E-state index in [0.717, 1.165) is 27.5 Å². The lowest BCUT2D eigenvalue weighted by Crippen LogP contribution is -2.37. The number of aliphatic carboxylic acids is 1. The summed E-state index contributed by atoms with van der Waals surface area (Å²) in [6.45, 7) is 4.20. The predicted octanol–water partition coefficient (Wildman–Crippen LogP) is 2.60. The predicted molar refractivity (Wildman–Crippen MR) is 125 cm³/mol. The van der Waals surface area contributed by atoms with Gasteiger partial charge in [0.2, 0.25) is 5.95 Å². The molecule has 5 rings (SSSR count). The second kappa shape index (κ2) is 8.53. The first-order valence-corrected chi connectivity index (χ1v) is 11.1. The Labute approximate surface area is 189 Å². The van der Waals surface area contributed by atoms with Crippen molar-refractivity contribution in [3.63, 3.8) is 0 Å². The van der Waals surface area contributed by atoms with Gasteiger partial charge in [-0.05, 0) is 49.6 Å². The molecule has 33 heavy (non-hydrogen) atoms. The summed E-state index contributed by atoms with van der Waals surface area (Å²) in [5.74, 6) is 0.147. The van der Waals surface area contributed by atoms with Crippen LogP contribution in [-0.4, -0.2) is 48.7 Å². The minimum atomic E-state index is -0.749. The quantitative estimate of drug-likeness (QED) is 0.411. The van der Waals surface area contributed by atoms with E-state index in [1.807, 2.05) is 36.1 Å². The van der Waals surface area contributed by atoms with Crippen molar-refractivity contribution in [3.8, 4) is 0 Å². The number of imidazole rings is 1. The van der Waals surface area contributed by atoms with E-state index in [-0.39, 0.29) is 11.6 Å². The number of carboxylic acid groups (broad SMARTS) is 1. The summed E-state index contributed by atoms with van der Waals surface area (Å²) in [6, 6.07) is 7.70. The molecule has 0 unspecified atom stereocenters. The molecule has 0 saturated carbocycles. The van der Waals surface area contributed by atoms with Gasteiger partial charge in [0.1, 0.15) is 5.82 Å². The highest BCUT2D eigenvalue weighted by atomic mass is 16.4. The summed E-state index contributed by atoms with van der Waals surface area (Å²) < 4.78 is 1.68. The van der Waals surface area contributed by atoms with Crippen molar-refractivity contribution in [2.75, 3.05) is 23.3 Å². The van der Waals surface area contributed by atoms with Crippen LogP contribution in [0.1, 0.15) is 25.3 Å². The highest BCUT2D eigenvalue weighted by Crippen LogP contribution is 2.29. The lowest BCUT2D eigenvalue weighted by molar-refractivity contribution is -0.142. The van der Waals surface area contributed by atoms with E-state index in [9.17, 15) is 14.7 Å². The number of rotatable bonds is 6. The average molecular weight is 447 g/mol. The van der Waals surface area contributed by atoms with Crippen LogP contribution in [0.25, 0.3) is 21.9 Å². The third-order valence-corrected chi connectivity index (χ3v) is 6.23. The summed E-state index contributed by atoms with van der Waals surface area (Å²) in [4.78, 5) is 42.3. The van der Waals surface area contributed by atoms with Gasteiger partial charge in [0, 0.05) is 44.0 Å². The standard InChI is InChI=1S/C23H25N7O3/c1-2-30-19-12-17-16(11-18(19)27-23(30)33)20(25-13-14-3-7-24-8-4-14)28-22(26-17)29-9-5-15(6-10-29)21(31)32/h3-4,7-8,11-12,15H,2,5-6,9-10,13H2,1H3,(H,27,33)(H,31,32)(H,25,26,28). The Balaban J connectivity index is 1.57. The number of anilines is 2. The molecule has 10 nitrogen and oxygen atoms in total. The number of carbonyl (C=O) groups is 1. The molecule has 10 heteroatoms. The number of aryl methyl sites for hydroxylation is 1. The number of hydrogen-bond acceptors (Lipinski definition) is 7. The van der Waals surface area contributed by atoms with Crippen molar-refractivity contribution >= 4 is 39.7 Å². The SMILES string of the molecule is CCn1c(=O)[nH]c2cc3c(NCc4ccncc4)nc(N4CCC(C(=O)O)CC4)nc3cc21. The normalized spacial score (nSPS) is 14.8. The molecule has 0 amide bonds. The fraction of sp³-hybridized carbons (Fsp3) is 0.348. The first-order chi connectivity index (χ1) is 16.0. The van der Waals surface area contributed by atoms with E-state index in [1.165, 1.54) is 0 Å². The van der Waals surface area contributed by atoms with Gasteiger partial charge < -0.3 is 20.3 Å². The fourth-order valence-corrected chi connectivity index (χ4v) is 4.37. The first-order valence-electron chi connectivity index (χ1n) is 11.1. The molecular weight excluding hydrogens is 422 g/mol. The van der Waals surface area contributed by atoms with Gasteiger partial charge >= 0.3 is 11.7 Å². The van der Waals surface area contributed by atoms with Crippen LogP contribution < -0.4 is 15.9 Å². The molecule has 0 bridgehead atoms. The summed E-state index contributed by atoms with van der Waals surface area (Å²) in [6.07, 6.45) is 4.61. The van der Waals surface area contributed by atoms with Crippen molar-refractivity contribution in [2.45, 2.75) is 32.9 Å². The Hall–Kier alpha value is -3.95. The third-order valence-electron chi connectivity index (χ3n) is 6.23. The number of fused-ring (bicyclic) bond motifs is 2. The molecule has 0 aliphatic carbocycles. The van der Waals surface area contributed by atoms with Crippen LogP contribution in [0.2, 0.25) is 0 Å². The Morgan fingerprint density at radius 1 is 1.21 bits per heavy atom. The molecule has 0 atom stereocenters. The zero-order chi connectivity index (χ0) is 22.9. The molecule has 0 spiro atoms. The summed E-state index contributed by atoms with van der Waals surface area (Å²) in [5.41, 5.74) is 3.17. The molecular formula is C23H25N7O3. The Kier molecular flexibility index (Phi) is 5.41. The van der Waals surface area contributed by atoms with Crippen molar-refractivity contribution in [2.24, 2.45) is 5.92 Å². The highest BCUT2D eigenvalue weighted by Gasteiger charge is 2.26. The number of nitrogens with one attached hydrogen (secondary N) is 2. The lowest BCUT2D eigenvalue weighted by Gasteiger charge is -2.30. The molecule has 4 heterocycles. The molecule has 1 aliphatic heterocycles. The van der Waals surface area contributed by atoms with Crippen molar-refractivity contribution < 1.29 is 9.90 Å². The Morgan fingerprint density at radius 3 is 2.67 bits per heavy atom. The van der Waals surface area contributed by atoms with E-state index in [1.54, 1.807) is 17.0 Å². The number of hydrogen-bond donors (Lipinski definition) is 3. The number of carboxylic acids is 1. The van der Waals surface area contributed by atoms with Gasteiger partial charge in [0.25, 0.3) is 0 Å². The van der Waals surface area contributed by atoms with E-state index < -0.39 is 5.97 Å². The molecule has 1 aromatic carbocycles. The van der Waals surface area contributed by atoms with Crippen LogP contribution in [0.4, 0.5) is 11.8 Å². The largest absolute Gasteiger partial charge is 0.481 e. The van der Waals surface area contributed by atoms with Crippen LogP contribution in [0.3, 0.4) is 0 Å². The minimum Gasteiger partial charge on any atom is -0.481 e. The van der Waals surface area contributed by atoms with E-state index in [0.29, 0.717) is 50.8 Å². The van der Waals surface area contributed by atoms with Gasteiger partial charge in [-0.25, -0.2) is 9.78 Å². The smallest absolute Gasteiger partial charge is 0.326 e. The average Bonchev–Trinajstić information content (AvgIpc) is 3.15. The zero-order valence-corrected chi connectivity index (χ0v) is 18.3. The summed E-state index contributed by atoms with van der Waals surface area (Å²) in [5, 5.41) is 13.5. The molecule has 0 radical (unpaired) electrons. The maximum Gasteiger partial charge on any atom is 0.326 e. The fourth-order valence-electron chi connectivity index (χ4n) is 4.37. The maximum atomic E-state index is 12.3. The second-order valence-corrected chi connectivity index (χ2v) is 8.24. The zero-order valence-electron chi connectivity index (χ0n) is 18.3. The number of piperidine rings is 1. The van der Waals surface area contributed by atoms with E-state index in [2.05, 4.69) is 15.3 Å². The third kappa shape index (κ3) is 3.99. The van der Waals surface area contributed by atoms with Crippen molar-refractivity contribution in [1.29, 1.82) is 0 Å². The molecule has 3 aromatic heterocycles. The highest BCUT2D eigenvalue weighted by molar-refractivity contribution is 5.99. The molecule has 4 aromatic rings. The first kappa shape index (κ1) is 20.9. The topological polar surface area (TPSA) is 129 Å². The Morgan fingerprint density at radius 2 is 1.97 bits per heavy atom. The monoisotopic (exact) mass is 447 g/mol. The van der Waals surface area contributed by atoms with Crippen LogP contribution in [-0.2, 0) is 17.9 Å². The number of benzene rings is 1. The van der Waals surface area contributed by atoms with Gasteiger partial charge in [-0.15, -0.1) is 0 Å². The number of H-pyrrole nitrogens is 1. The second-order valence-electron chi connectivity index (χ2n) is 8.24. The number of pyridine rings is 1. The van der Waals surface area contributed by atoms with Crippen molar-refractivity contribution in [1.82, 2.24) is 24.5 Å². The van der Waals surface area contributed by atoms with Gasteiger partial charge in [-0.1, -0.05) is 0 Å². The van der Waals surface area contributed by atoms with Crippen LogP contribution >= 0.6 is 0 Å². The lowest BCUT2D eigenvalue weighted by atomic mass is 9.97. The van der Waals surface area contributed by atoms with Crippen LogP contribution in [0.15, 0.2) is 41.5 Å². The van der Waals surface area contributed by atoms with Gasteiger partial charge in [0.15, 0.2) is 0 Å². The van der Waals surface area contributed by atoms with Gasteiger partial charge in [-0.3, -0.25) is 14.3 Å². The maximum absolute atomic E-state index is 12.3. The van der Waals surface area contributed by atoms with Crippen LogP contribution in [0.5, 0.6) is 0 Å². The molecule has 3 N–H and O–H groups in total. The number of nitrogens with zero attached hydrogens (tertiary/aromatic N) is 5. The summed E-state index contributed by atoms with van der Waals surface area (Å²) >= 11 is 0. The molecule has 1 aliphatic rings. The number of aromatic amines is 1. The van der Waals surface area contributed by atoms with Crippen molar-refractivity contribution in [3.05, 3.63) is 52.7 Å².